The van der Waals surface area contributed by atoms with Crippen LogP contribution in [0.3, 0.4) is 0 Å². The van der Waals surface area contributed by atoms with Crippen LogP contribution in [-0.4, -0.2) is 36.6 Å². The lowest BCUT2D eigenvalue weighted by Gasteiger charge is -2.20. The van der Waals surface area contributed by atoms with Crippen LogP contribution >= 0.6 is 0 Å². The number of hydrogen-bond acceptors (Lipinski definition) is 2. The van der Waals surface area contributed by atoms with E-state index in [1.165, 1.54) is 64.7 Å². The largest absolute Gasteiger partial charge is 0.312 e. The van der Waals surface area contributed by atoms with Crippen molar-refractivity contribution in [1.29, 1.82) is 0 Å². The molecule has 0 spiro atoms. The third-order valence-corrected chi connectivity index (χ3v) is 3.87. The molecule has 1 aliphatic heterocycles. The maximum Gasteiger partial charge on any atom is 0.00965 e. The molecule has 0 amide bonds. The number of rotatable bonds is 8. The van der Waals surface area contributed by atoms with E-state index >= 15 is 0 Å². The van der Waals surface area contributed by atoms with Crippen LogP contribution in [0.2, 0.25) is 0 Å². The molecule has 0 aliphatic carbocycles. The molecule has 108 valence electrons. The van der Waals surface area contributed by atoms with Crippen LogP contribution in [-0.2, 0) is 0 Å². The Morgan fingerprint density at radius 1 is 1.17 bits per heavy atom. The Morgan fingerprint density at radius 3 is 2.61 bits per heavy atom. The van der Waals surface area contributed by atoms with Crippen LogP contribution in [0.1, 0.15) is 66.2 Å². The number of unbranched alkanes of at least 4 members (excludes halogenated alkanes) is 2. The van der Waals surface area contributed by atoms with E-state index in [0.29, 0.717) is 0 Å². The summed E-state index contributed by atoms with van der Waals surface area (Å²) in [5.41, 5.74) is 0.280. The second kappa shape index (κ2) is 8.16. The van der Waals surface area contributed by atoms with Gasteiger partial charge in [0.2, 0.25) is 0 Å². The monoisotopic (exact) mass is 254 g/mol. The lowest BCUT2D eigenvalue weighted by Crippen LogP contribution is -2.36. The first-order valence-electron chi connectivity index (χ1n) is 7.98. The van der Waals surface area contributed by atoms with E-state index in [9.17, 15) is 0 Å². The number of nitrogens with zero attached hydrogens (tertiary/aromatic N) is 1. The van der Waals surface area contributed by atoms with Crippen LogP contribution in [0, 0.1) is 5.92 Å². The zero-order chi connectivity index (χ0) is 13.4. The molecular formula is C16H34N2. The van der Waals surface area contributed by atoms with Crippen molar-refractivity contribution < 1.29 is 0 Å². The van der Waals surface area contributed by atoms with Gasteiger partial charge in [-0.1, -0.05) is 19.8 Å². The van der Waals surface area contributed by atoms with E-state index in [4.69, 9.17) is 0 Å². The molecule has 1 fully saturated rings. The van der Waals surface area contributed by atoms with Crippen molar-refractivity contribution in [3.8, 4) is 0 Å². The summed E-state index contributed by atoms with van der Waals surface area (Å²) in [6.45, 7) is 14.3. The first-order chi connectivity index (χ1) is 8.51. The summed E-state index contributed by atoms with van der Waals surface area (Å²) in [5.74, 6) is 0.998. The topological polar surface area (TPSA) is 15.3 Å². The number of nitrogens with one attached hydrogen (secondary N) is 1. The molecule has 1 rings (SSSR count). The molecule has 0 saturated carbocycles. The summed E-state index contributed by atoms with van der Waals surface area (Å²) < 4.78 is 0. The fourth-order valence-electron chi connectivity index (χ4n) is 2.86. The van der Waals surface area contributed by atoms with Crippen molar-refractivity contribution in [3.05, 3.63) is 0 Å². The van der Waals surface area contributed by atoms with Gasteiger partial charge in [0, 0.05) is 12.1 Å². The Hall–Kier alpha value is -0.0800. The van der Waals surface area contributed by atoms with E-state index < -0.39 is 0 Å². The van der Waals surface area contributed by atoms with Crippen LogP contribution < -0.4 is 5.32 Å². The zero-order valence-electron chi connectivity index (χ0n) is 13.1. The smallest absolute Gasteiger partial charge is 0.00965 e. The number of likely N-dealkylation sites (tertiary alicyclic amines) is 1. The predicted molar refractivity (Wildman–Crippen MR) is 81.1 cm³/mol. The minimum Gasteiger partial charge on any atom is -0.312 e. The molecule has 2 nitrogen and oxygen atoms in total. The van der Waals surface area contributed by atoms with Gasteiger partial charge in [-0.2, -0.15) is 0 Å². The highest BCUT2D eigenvalue weighted by atomic mass is 15.1. The molecule has 1 heterocycles. The molecule has 1 saturated heterocycles. The Morgan fingerprint density at radius 2 is 1.94 bits per heavy atom. The van der Waals surface area contributed by atoms with Crippen molar-refractivity contribution in [3.63, 3.8) is 0 Å². The van der Waals surface area contributed by atoms with Gasteiger partial charge >= 0.3 is 0 Å². The molecule has 1 N–H and O–H groups in total. The minimum absolute atomic E-state index is 0.280. The van der Waals surface area contributed by atoms with E-state index in [1.54, 1.807) is 0 Å². The molecule has 0 radical (unpaired) electrons. The maximum absolute atomic E-state index is 3.56. The van der Waals surface area contributed by atoms with Gasteiger partial charge in [0.25, 0.3) is 0 Å². The molecular weight excluding hydrogens is 220 g/mol. The van der Waals surface area contributed by atoms with Crippen LogP contribution in [0.15, 0.2) is 0 Å². The van der Waals surface area contributed by atoms with Gasteiger partial charge in [-0.15, -0.1) is 0 Å². The van der Waals surface area contributed by atoms with Crippen molar-refractivity contribution >= 4 is 0 Å². The highest BCUT2D eigenvalue weighted by Crippen LogP contribution is 2.20. The summed E-state index contributed by atoms with van der Waals surface area (Å²) in [5, 5.41) is 3.56. The van der Waals surface area contributed by atoms with Crippen LogP contribution in [0.4, 0.5) is 0 Å². The van der Waals surface area contributed by atoms with Gasteiger partial charge in [0.1, 0.15) is 0 Å². The molecule has 1 atom stereocenters. The first-order valence-corrected chi connectivity index (χ1v) is 7.98. The van der Waals surface area contributed by atoms with Crippen molar-refractivity contribution in [2.75, 3.05) is 26.2 Å². The minimum atomic E-state index is 0.280. The van der Waals surface area contributed by atoms with Gasteiger partial charge in [0.15, 0.2) is 0 Å². The van der Waals surface area contributed by atoms with E-state index in [-0.39, 0.29) is 5.54 Å². The van der Waals surface area contributed by atoms with Gasteiger partial charge < -0.3 is 10.2 Å². The van der Waals surface area contributed by atoms with Gasteiger partial charge in [0.05, 0.1) is 0 Å². The highest BCUT2D eigenvalue weighted by molar-refractivity contribution is 4.75. The summed E-state index contributed by atoms with van der Waals surface area (Å²) in [7, 11) is 0. The van der Waals surface area contributed by atoms with Crippen molar-refractivity contribution in [1.82, 2.24) is 10.2 Å². The summed E-state index contributed by atoms with van der Waals surface area (Å²) in [4.78, 5) is 2.68. The van der Waals surface area contributed by atoms with Gasteiger partial charge in [-0.25, -0.2) is 0 Å². The third-order valence-electron chi connectivity index (χ3n) is 3.87. The molecule has 2 heteroatoms. The Kier molecular flexibility index (Phi) is 7.25. The van der Waals surface area contributed by atoms with Gasteiger partial charge in [-0.3, -0.25) is 0 Å². The average Bonchev–Trinajstić information content (AvgIpc) is 2.70. The molecule has 1 aliphatic rings. The molecule has 18 heavy (non-hydrogen) atoms. The molecule has 0 aromatic carbocycles. The predicted octanol–water partition coefficient (Wildman–Crippen LogP) is 3.67. The van der Waals surface area contributed by atoms with E-state index in [2.05, 4.69) is 37.9 Å². The lowest BCUT2D eigenvalue weighted by atomic mass is 10.0. The highest BCUT2D eigenvalue weighted by Gasteiger charge is 2.20. The summed E-state index contributed by atoms with van der Waals surface area (Å²) >= 11 is 0. The standard InChI is InChI=1S/C16H34N2/c1-5-9-15-10-13-18(14-15)12-8-6-7-11-17-16(2,3)4/h15,17H,5-14H2,1-4H3. The summed E-state index contributed by atoms with van der Waals surface area (Å²) in [6.07, 6.45) is 8.31. The molecule has 1 unspecified atom stereocenters. The normalized spacial score (nSPS) is 21.7. The first kappa shape index (κ1) is 16.0. The molecule has 0 bridgehead atoms. The lowest BCUT2D eigenvalue weighted by molar-refractivity contribution is 0.310. The molecule has 0 aromatic rings. The summed E-state index contributed by atoms with van der Waals surface area (Å²) in [6, 6.07) is 0. The van der Waals surface area contributed by atoms with Crippen molar-refractivity contribution in [2.45, 2.75) is 71.8 Å². The Balaban J connectivity index is 1.93. The fraction of sp³-hybridized carbons (Fsp3) is 1.00. The van der Waals surface area contributed by atoms with E-state index in [0.717, 1.165) is 5.92 Å². The quantitative estimate of drug-likeness (QED) is 0.665. The number of hydrogen-bond donors (Lipinski definition) is 1. The third kappa shape index (κ3) is 7.38. The second-order valence-corrected chi connectivity index (χ2v) is 6.98. The Labute approximate surface area is 115 Å². The van der Waals surface area contributed by atoms with Crippen LogP contribution in [0.5, 0.6) is 0 Å². The van der Waals surface area contributed by atoms with Crippen molar-refractivity contribution in [2.24, 2.45) is 5.92 Å². The average molecular weight is 254 g/mol. The second-order valence-electron chi connectivity index (χ2n) is 6.98. The fourth-order valence-corrected chi connectivity index (χ4v) is 2.86. The molecule has 0 aromatic heterocycles. The van der Waals surface area contributed by atoms with E-state index in [1.807, 2.05) is 0 Å². The Bertz CT molecular complexity index is 208. The zero-order valence-corrected chi connectivity index (χ0v) is 13.1. The SMILES string of the molecule is CCCC1CCN(CCCCCNC(C)(C)C)C1. The van der Waals surface area contributed by atoms with Gasteiger partial charge in [-0.05, 0) is 72.0 Å². The van der Waals surface area contributed by atoms with Crippen LogP contribution in [0.25, 0.3) is 0 Å². The maximum atomic E-state index is 3.56.